The van der Waals surface area contributed by atoms with Crippen molar-refractivity contribution in [2.24, 2.45) is 0 Å². The molecule has 0 aliphatic heterocycles. The quantitative estimate of drug-likeness (QED) is 0.367. The average molecular weight is 422 g/mol. The van der Waals surface area contributed by atoms with Crippen LogP contribution in [0.5, 0.6) is 0 Å². The number of aromatic amines is 1. The van der Waals surface area contributed by atoms with Crippen molar-refractivity contribution in [1.82, 2.24) is 10.2 Å². The van der Waals surface area contributed by atoms with Crippen molar-refractivity contribution in [2.45, 2.75) is 19.2 Å². The number of ether oxygens (including phenoxy) is 1. The van der Waals surface area contributed by atoms with Gasteiger partial charge in [0.25, 0.3) is 11.6 Å². The number of nitrogens with zero attached hydrogens (tertiary/aromatic N) is 2. The number of nitrogens with one attached hydrogen (secondary N) is 2. The molecule has 0 aliphatic rings. The number of hydrogen-bond donors (Lipinski definition) is 2. The summed E-state index contributed by atoms with van der Waals surface area (Å²) in [5.41, 5.74) is -2.21. The molecule has 1 heterocycles. The standard InChI is InChI=1S/C18H13F3N4O5/c1-9(30-17(27)10-2-3-11-8-22-24-15(11)6-10)16(26)23-14-5-4-12(25(28)29)7-13(14)18(19,20)21/h2-9H,1H3,(H,22,24)(H,23,26). The van der Waals surface area contributed by atoms with E-state index in [1.807, 2.05) is 5.32 Å². The summed E-state index contributed by atoms with van der Waals surface area (Å²) in [6, 6.07) is 6.40. The van der Waals surface area contributed by atoms with Crippen LogP contribution >= 0.6 is 0 Å². The van der Waals surface area contributed by atoms with Crippen molar-refractivity contribution in [3.8, 4) is 0 Å². The van der Waals surface area contributed by atoms with Gasteiger partial charge in [0.2, 0.25) is 0 Å². The van der Waals surface area contributed by atoms with Crippen LogP contribution in [0.2, 0.25) is 0 Å². The molecule has 156 valence electrons. The normalized spacial score (nSPS) is 12.4. The maximum Gasteiger partial charge on any atom is 0.418 e. The minimum absolute atomic E-state index is 0.109. The van der Waals surface area contributed by atoms with Crippen LogP contribution in [0.4, 0.5) is 24.5 Å². The topological polar surface area (TPSA) is 127 Å². The Kier molecular flexibility index (Phi) is 5.41. The summed E-state index contributed by atoms with van der Waals surface area (Å²) in [6.45, 7) is 1.18. The molecule has 12 heteroatoms. The van der Waals surface area contributed by atoms with E-state index in [1.54, 1.807) is 12.3 Å². The van der Waals surface area contributed by atoms with Crippen molar-refractivity contribution < 1.29 is 32.4 Å². The molecule has 0 bridgehead atoms. The smallest absolute Gasteiger partial charge is 0.418 e. The monoisotopic (exact) mass is 422 g/mol. The van der Waals surface area contributed by atoms with E-state index in [0.29, 0.717) is 11.6 Å². The fourth-order valence-corrected chi connectivity index (χ4v) is 2.57. The Morgan fingerprint density at radius 2 is 1.97 bits per heavy atom. The van der Waals surface area contributed by atoms with Crippen LogP contribution in [0.3, 0.4) is 0 Å². The fourth-order valence-electron chi connectivity index (χ4n) is 2.57. The number of amides is 1. The number of carbonyl (C=O) groups is 2. The molecule has 0 saturated heterocycles. The van der Waals surface area contributed by atoms with E-state index in [0.717, 1.165) is 17.5 Å². The van der Waals surface area contributed by atoms with E-state index < -0.39 is 46.0 Å². The lowest BCUT2D eigenvalue weighted by Crippen LogP contribution is -2.30. The first-order valence-electron chi connectivity index (χ1n) is 8.37. The SMILES string of the molecule is CC(OC(=O)c1ccc2cn[nH]c2c1)C(=O)Nc1ccc([N+](=O)[O-])cc1C(F)(F)F. The van der Waals surface area contributed by atoms with Gasteiger partial charge in [-0.1, -0.05) is 6.07 Å². The Balaban J connectivity index is 1.75. The summed E-state index contributed by atoms with van der Waals surface area (Å²) in [6.07, 6.45) is -4.84. The minimum atomic E-state index is -4.95. The first-order chi connectivity index (χ1) is 14.1. The molecular weight excluding hydrogens is 409 g/mol. The second-order valence-corrected chi connectivity index (χ2v) is 6.19. The minimum Gasteiger partial charge on any atom is -0.449 e. The van der Waals surface area contributed by atoms with Crippen LogP contribution < -0.4 is 5.32 Å². The second kappa shape index (κ2) is 7.81. The molecule has 2 aromatic carbocycles. The predicted octanol–water partition coefficient (Wildman–Crippen LogP) is 3.67. The van der Waals surface area contributed by atoms with Crippen molar-refractivity contribution in [3.05, 3.63) is 63.8 Å². The van der Waals surface area contributed by atoms with Crippen molar-refractivity contribution in [2.75, 3.05) is 5.32 Å². The number of carbonyl (C=O) groups excluding carboxylic acids is 2. The molecule has 9 nitrogen and oxygen atoms in total. The fraction of sp³-hybridized carbons (Fsp3) is 0.167. The number of anilines is 1. The highest BCUT2D eigenvalue weighted by Gasteiger charge is 2.36. The summed E-state index contributed by atoms with van der Waals surface area (Å²) in [4.78, 5) is 34.2. The van der Waals surface area contributed by atoms with Crippen molar-refractivity contribution in [1.29, 1.82) is 0 Å². The van der Waals surface area contributed by atoms with Gasteiger partial charge < -0.3 is 10.1 Å². The van der Waals surface area contributed by atoms with Gasteiger partial charge in [-0.05, 0) is 25.1 Å². The lowest BCUT2D eigenvalue weighted by Gasteiger charge is -2.17. The lowest BCUT2D eigenvalue weighted by atomic mass is 10.1. The maximum atomic E-state index is 13.2. The summed E-state index contributed by atoms with van der Waals surface area (Å²) in [5.74, 6) is -1.90. The number of rotatable bonds is 5. The molecule has 1 atom stereocenters. The van der Waals surface area contributed by atoms with Crippen molar-refractivity contribution in [3.63, 3.8) is 0 Å². The van der Waals surface area contributed by atoms with Crippen LogP contribution in [0.25, 0.3) is 10.9 Å². The Morgan fingerprint density at radius 3 is 2.63 bits per heavy atom. The van der Waals surface area contributed by atoms with E-state index in [9.17, 15) is 32.9 Å². The molecule has 30 heavy (non-hydrogen) atoms. The molecule has 3 aromatic rings. The van der Waals surface area contributed by atoms with Gasteiger partial charge in [-0.2, -0.15) is 18.3 Å². The molecule has 3 rings (SSSR count). The molecule has 0 spiro atoms. The molecular formula is C18H13F3N4O5. The number of halogens is 3. The molecule has 0 fully saturated rings. The number of hydrogen-bond acceptors (Lipinski definition) is 6. The molecule has 2 N–H and O–H groups in total. The zero-order valence-electron chi connectivity index (χ0n) is 15.2. The third-order valence-corrected chi connectivity index (χ3v) is 4.11. The molecule has 1 amide bonds. The number of H-pyrrole nitrogens is 1. The van der Waals surface area contributed by atoms with Gasteiger partial charge in [-0.25, -0.2) is 4.79 Å². The lowest BCUT2D eigenvalue weighted by molar-refractivity contribution is -0.385. The van der Waals surface area contributed by atoms with Crippen molar-refractivity contribution >= 4 is 34.2 Å². The maximum absolute atomic E-state index is 13.2. The number of alkyl halides is 3. The highest BCUT2D eigenvalue weighted by atomic mass is 19.4. The van der Waals surface area contributed by atoms with Gasteiger partial charge in [0.15, 0.2) is 6.10 Å². The highest BCUT2D eigenvalue weighted by molar-refractivity contribution is 5.99. The number of aromatic nitrogens is 2. The van der Waals surface area contributed by atoms with Gasteiger partial charge in [0.05, 0.1) is 33.5 Å². The Morgan fingerprint density at radius 1 is 1.23 bits per heavy atom. The zero-order valence-corrected chi connectivity index (χ0v) is 15.2. The highest BCUT2D eigenvalue weighted by Crippen LogP contribution is 2.37. The summed E-state index contributed by atoms with van der Waals surface area (Å²) in [7, 11) is 0. The van der Waals surface area contributed by atoms with Gasteiger partial charge >= 0.3 is 12.1 Å². The third kappa shape index (κ3) is 4.37. The van der Waals surface area contributed by atoms with Crippen LogP contribution in [0.1, 0.15) is 22.8 Å². The number of non-ortho nitro benzene ring substituents is 1. The van der Waals surface area contributed by atoms with Gasteiger partial charge in [-0.3, -0.25) is 20.0 Å². The molecule has 0 radical (unpaired) electrons. The largest absolute Gasteiger partial charge is 0.449 e. The molecule has 1 aromatic heterocycles. The first kappa shape index (κ1) is 20.8. The van der Waals surface area contributed by atoms with Gasteiger partial charge in [0.1, 0.15) is 0 Å². The molecule has 1 unspecified atom stereocenters. The van der Waals surface area contributed by atoms with E-state index in [2.05, 4.69) is 10.2 Å². The number of nitro groups is 1. The Bertz CT molecular complexity index is 1140. The first-order valence-corrected chi connectivity index (χ1v) is 8.37. The van der Waals surface area contributed by atoms with Crippen LogP contribution in [-0.2, 0) is 15.7 Å². The number of benzene rings is 2. The number of fused-ring (bicyclic) bond motifs is 1. The van der Waals surface area contributed by atoms with E-state index in [4.69, 9.17) is 4.74 Å². The van der Waals surface area contributed by atoms with Gasteiger partial charge in [0, 0.05) is 17.5 Å². The summed E-state index contributed by atoms with van der Waals surface area (Å²) >= 11 is 0. The van der Waals surface area contributed by atoms with Gasteiger partial charge in [-0.15, -0.1) is 0 Å². The van der Waals surface area contributed by atoms with E-state index in [1.165, 1.54) is 19.1 Å². The molecule has 0 saturated carbocycles. The predicted molar refractivity (Wildman–Crippen MR) is 97.7 cm³/mol. The van der Waals surface area contributed by atoms with Crippen LogP contribution in [-0.4, -0.2) is 33.1 Å². The van der Waals surface area contributed by atoms with E-state index in [-0.39, 0.29) is 5.56 Å². The summed E-state index contributed by atoms with van der Waals surface area (Å²) < 4.78 is 44.6. The van der Waals surface area contributed by atoms with E-state index >= 15 is 0 Å². The zero-order chi connectivity index (χ0) is 22.1. The third-order valence-electron chi connectivity index (χ3n) is 4.11. The summed E-state index contributed by atoms with van der Waals surface area (Å²) in [5, 5.41) is 19.9. The number of esters is 1. The Hall–Kier alpha value is -3.96. The Labute approximate surface area is 166 Å². The van der Waals surface area contributed by atoms with Crippen LogP contribution in [0, 0.1) is 10.1 Å². The number of nitro benzene ring substituents is 1. The van der Waals surface area contributed by atoms with Crippen LogP contribution in [0.15, 0.2) is 42.6 Å². The second-order valence-electron chi connectivity index (χ2n) is 6.19. The average Bonchev–Trinajstić information content (AvgIpc) is 3.14. The molecule has 0 aliphatic carbocycles.